The molecule has 2 rings (SSSR count). The van der Waals surface area contributed by atoms with Crippen molar-refractivity contribution in [2.24, 2.45) is 5.92 Å². The Balaban J connectivity index is 1.91. The van der Waals surface area contributed by atoms with E-state index in [9.17, 15) is 9.59 Å². The van der Waals surface area contributed by atoms with E-state index in [-0.39, 0.29) is 5.91 Å². The molecular weight excluding hydrogens is 230 g/mol. The molecule has 0 aromatic rings. The van der Waals surface area contributed by atoms with Gasteiger partial charge in [-0.15, -0.1) is 0 Å². The van der Waals surface area contributed by atoms with Crippen LogP contribution < -0.4 is 0 Å². The number of likely N-dealkylation sites (tertiary alicyclic amines) is 1. The third-order valence-corrected chi connectivity index (χ3v) is 4.30. The maximum atomic E-state index is 12.2. The largest absolute Gasteiger partial charge is 0.480 e. The highest BCUT2D eigenvalue weighted by Gasteiger charge is 2.32. The summed E-state index contributed by atoms with van der Waals surface area (Å²) in [5.41, 5.74) is 0. The van der Waals surface area contributed by atoms with Gasteiger partial charge in [-0.1, -0.05) is 19.3 Å². The zero-order valence-corrected chi connectivity index (χ0v) is 10.9. The molecule has 1 heterocycles. The fraction of sp³-hybridized carbons (Fsp3) is 0.857. The number of carbonyl (C=O) groups excluding carboxylic acids is 1. The minimum Gasteiger partial charge on any atom is -0.480 e. The van der Waals surface area contributed by atoms with E-state index in [1.807, 2.05) is 0 Å². The highest BCUT2D eigenvalue weighted by atomic mass is 16.4. The Morgan fingerprint density at radius 3 is 2.33 bits per heavy atom. The quantitative estimate of drug-likeness (QED) is 0.840. The van der Waals surface area contributed by atoms with Gasteiger partial charge in [-0.25, -0.2) is 4.79 Å². The fourth-order valence-corrected chi connectivity index (χ4v) is 3.24. The van der Waals surface area contributed by atoms with Crippen molar-refractivity contribution >= 4 is 11.9 Å². The van der Waals surface area contributed by atoms with Crippen LogP contribution in [0.2, 0.25) is 0 Å². The van der Waals surface area contributed by atoms with Gasteiger partial charge in [0.2, 0.25) is 5.91 Å². The number of hydrogen-bond acceptors (Lipinski definition) is 2. The van der Waals surface area contributed by atoms with Gasteiger partial charge in [0, 0.05) is 13.0 Å². The molecule has 1 aliphatic carbocycles. The summed E-state index contributed by atoms with van der Waals surface area (Å²) in [4.78, 5) is 25.0. The van der Waals surface area contributed by atoms with Gasteiger partial charge in [-0.3, -0.25) is 4.79 Å². The molecule has 2 fully saturated rings. The number of hydrogen-bond donors (Lipinski definition) is 1. The Morgan fingerprint density at radius 1 is 1.00 bits per heavy atom. The molecule has 1 aliphatic heterocycles. The predicted octanol–water partition coefficient (Wildman–Crippen LogP) is 2.42. The standard InChI is InChI=1S/C14H23NO3/c16-13(10-11-6-2-1-3-7-11)15-9-5-4-8-12(15)14(17)18/h11-12H,1-10H2,(H,17,18). The number of amides is 1. The SMILES string of the molecule is O=C(O)C1CCCCN1C(=O)CC1CCCCC1. The molecule has 1 saturated carbocycles. The maximum absolute atomic E-state index is 12.2. The van der Waals surface area contributed by atoms with Gasteiger partial charge < -0.3 is 10.0 Å². The van der Waals surface area contributed by atoms with E-state index in [1.54, 1.807) is 4.90 Å². The Labute approximate surface area is 108 Å². The molecule has 0 spiro atoms. The van der Waals surface area contributed by atoms with Crippen molar-refractivity contribution in [1.29, 1.82) is 0 Å². The molecule has 1 atom stereocenters. The van der Waals surface area contributed by atoms with Crippen LogP contribution in [0.15, 0.2) is 0 Å². The maximum Gasteiger partial charge on any atom is 0.326 e. The van der Waals surface area contributed by atoms with E-state index in [0.717, 1.165) is 25.7 Å². The van der Waals surface area contributed by atoms with Gasteiger partial charge in [0.05, 0.1) is 0 Å². The van der Waals surface area contributed by atoms with Crippen molar-refractivity contribution in [1.82, 2.24) is 4.90 Å². The van der Waals surface area contributed by atoms with E-state index >= 15 is 0 Å². The second-order valence-corrected chi connectivity index (χ2v) is 5.65. The summed E-state index contributed by atoms with van der Waals surface area (Å²) in [5, 5.41) is 9.17. The summed E-state index contributed by atoms with van der Waals surface area (Å²) in [6.07, 6.45) is 9.04. The van der Waals surface area contributed by atoms with Crippen LogP contribution in [-0.4, -0.2) is 34.5 Å². The van der Waals surface area contributed by atoms with E-state index in [4.69, 9.17) is 5.11 Å². The van der Waals surface area contributed by atoms with Gasteiger partial charge >= 0.3 is 5.97 Å². The molecular formula is C14H23NO3. The number of carbonyl (C=O) groups is 2. The number of nitrogens with zero attached hydrogens (tertiary/aromatic N) is 1. The Hall–Kier alpha value is -1.06. The second-order valence-electron chi connectivity index (χ2n) is 5.65. The monoisotopic (exact) mass is 253 g/mol. The second kappa shape index (κ2) is 6.21. The summed E-state index contributed by atoms with van der Waals surface area (Å²) in [7, 11) is 0. The minimum atomic E-state index is -0.841. The number of carboxylic acid groups (broad SMARTS) is 1. The lowest BCUT2D eigenvalue weighted by Crippen LogP contribution is -2.48. The van der Waals surface area contributed by atoms with Gasteiger partial charge in [0.25, 0.3) is 0 Å². The summed E-state index contributed by atoms with van der Waals surface area (Å²) >= 11 is 0. The van der Waals surface area contributed by atoms with Gasteiger partial charge in [0.1, 0.15) is 6.04 Å². The average Bonchev–Trinajstić information content (AvgIpc) is 2.40. The molecule has 1 amide bonds. The van der Waals surface area contributed by atoms with Gasteiger partial charge in [-0.2, -0.15) is 0 Å². The summed E-state index contributed by atoms with van der Waals surface area (Å²) in [6.45, 7) is 0.628. The summed E-state index contributed by atoms with van der Waals surface area (Å²) in [5.74, 6) is -0.289. The normalized spacial score (nSPS) is 26.0. The van der Waals surface area contributed by atoms with Crippen LogP contribution in [0.4, 0.5) is 0 Å². The third-order valence-electron chi connectivity index (χ3n) is 4.30. The number of rotatable bonds is 3. The van der Waals surface area contributed by atoms with E-state index in [1.165, 1.54) is 19.3 Å². The summed E-state index contributed by atoms with van der Waals surface area (Å²) < 4.78 is 0. The van der Waals surface area contributed by atoms with Crippen molar-refractivity contribution in [2.75, 3.05) is 6.54 Å². The van der Waals surface area contributed by atoms with Gasteiger partial charge in [0.15, 0.2) is 0 Å². The first kappa shape index (κ1) is 13.4. The van der Waals surface area contributed by atoms with Crippen molar-refractivity contribution in [3.63, 3.8) is 0 Å². The van der Waals surface area contributed by atoms with Crippen LogP contribution in [0.3, 0.4) is 0 Å². The molecule has 0 radical (unpaired) electrons. The molecule has 0 bridgehead atoms. The van der Waals surface area contributed by atoms with Crippen molar-refractivity contribution in [2.45, 2.75) is 63.8 Å². The molecule has 1 N–H and O–H groups in total. The zero-order chi connectivity index (χ0) is 13.0. The van der Waals surface area contributed by atoms with Crippen molar-refractivity contribution in [3.8, 4) is 0 Å². The zero-order valence-electron chi connectivity index (χ0n) is 10.9. The first-order valence-corrected chi connectivity index (χ1v) is 7.21. The molecule has 1 unspecified atom stereocenters. The van der Waals surface area contributed by atoms with E-state index in [0.29, 0.717) is 25.3 Å². The van der Waals surface area contributed by atoms with Crippen LogP contribution in [-0.2, 0) is 9.59 Å². The lowest BCUT2D eigenvalue weighted by Gasteiger charge is -2.34. The fourth-order valence-electron chi connectivity index (χ4n) is 3.24. The first-order chi connectivity index (χ1) is 8.68. The number of piperidine rings is 1. The molecule has 1 saturated heterocycles. The molecule has 18 heavy (non-hydrogen) atoms. The lowest BCUT2D eigenvalue weighted by molar-refractivity contribution is -0.152. The van der Waals surface area contributed by atoms with E-state index < -0.39 is 12.0 Å². The van der Waals surface area contributed by atoms with Crippen LogP contribution >= 0.6 is 0 Å². The third kappa shape index (κ3) is 3.24. The minimum absolute atomic E-state index is 0.0639. The van der Waals surface area contributed by atoms with Crippen LogP contribution in [0.5, 0.6) is 0 Å². The van der Waals surface area contributed by atoms with Crippen LogP contribution in [0, 0.1) is 5.92 Å². The highest BCUT2D eigenvalue weighted by molar-refractivity contribution is 5.84. The van der Waals surface area contributed by atoms with Crippen LogP contribution in [0.25, 0.3) is 0 Å². The van der Waals surface area contributed by atoms with Gasteiger partial charge in [-0.05, 0) is 38.0 Å². The van der Waals surface area contributed by atoms with E-state index in [2.05, 4.69) is 0 Å². The smallest absolute Gasteiger partial charge is 0.326 e. The molecule has 0 aromatic heterocycles. The Kier molecular flexibility index (Phi) is 4.61. The topological polar surface area (TPSA) is 57.6 Å². The predicted molar refractivity (Wildman–Crippen MR) is 68.2 cm³/mol. The summed E-state index contributed by atoms with van der Waals surface area (Å²) in [6, 6.07) is -0.574. The van der Waals surface area contributed by atoms with Crippen molar-refractivity contribution < 1.29 is 14.7 Å². The molecule has 0 aromatic carbocycles. The highest BCUT2D eigenvalue weighted by Crippen LogP contribution is 2.28. The molecule has 4 nitrogen and oxygen atoms in total. The molecule has 102 valence electrons. The number of aliphatic carboxylic acids is 1. The van der Waals surface area contributed by atoms with Crippen LogP contribution in [0.1, 0.15) is 57.8 Å². The number of carboxylic acids is 1. The average molecular weight is 253 g/mol. The lowest BCUT2D eigenvalue weighted by atomic mass is 9.86. The Bertz CT molecular complexity index is 310. The molecule has 2 aliphatic rings. The first-order valence-electron chi connectivity index (χ1n) is 7.21. The molecule has 4 heteroatoms. The van der Waals surface area contributed by atoms with Crippen molar-refractivity contribution in [3.05, 3.63) is 0 Å². The Morgan fingerprint density at radius 2 is 1.67 bits per heavy atom.